The summed E-state index contributed by atoms with van der Waals surface area (Å²) in [5.41, 5.74) is 1.05. The Balaban J connectivity index is 1.53. The summed E-state index contributed by atoms with van der Waals surface area (Å²) in [7, 11) is 0. The minimum absolute atomic E-state index is 0.0439. The molecule has 2 rings (SSSR count). The van der Waals surface area contributed by atoms with Crippen LogP contribution >= 0.6 is 0 Å². The molecule has 5 heteroatoms. The normalized spacial score (nSPS) is 17.1. The van der Waals surface area contributed by atoms with Crippen LogP contribution in [-0.2, 0) is 20.9 Å². The van der Waals surface area contributed by atoms with Gasteiger partial charge >= 0.3 is 0 Å². The molecule has 0 aromatic heterocycles. The van der Waals surface area contributed by atoms with Crippen LogP contribution in [0.15, 0.2) is 30.3 Å². The number of ether oxygens (including phenoxy) is 2. The molecule has 22 heavy (non-hydrogen) atoms. The van der Waals surface area contributed by atoms with Crippen LogP contribution in [0.2, 0.25) is 0 Å². The van der Waals surface area contributed by atoms with E-state index in [0.717, 1.165) is 31.6 Å². The lowest BCUT2D eigenvalue weighted by Gasteiger charge is -2.26. The highest BCUT2D eigenvalue weighted by Crippen LogP contribution is 2.20. The number of benzene rings is 1. The van der Waals surface area contributed by atoms with Crippen molar-refractivity contribution in [1.29, 1.82) is 0 Å². The zero-order chi connectivity index (χ0) is 15.6. The number of hydrogen-bond donors (Lipinski definition) is 2. The molecule has 0 aliphatic carbocycles. The highest BCUT2D eigenvalue weighted by molar-refractivity contribution is 5.77. The van der Waals surface area contributed by atoms with Gasteiger partial charge in [-0.3, -0.25) is 4.79 Å². The molecule has 0 unspecified atom stereocenters. The average molecular weight is 307 g/mol. The second-order valence-electron chi connectivity index (χ2n) is 5.63. The Hall–Kier alpha value is -1.43. The van der Waals surface area contributed by atoms with E-state index in [4.69, 9.17) is 9.47 Å². The molecule has 122 valence electrons. The highest BCUT2D eigenvalue weighted by atomic mass is 16.5. The monoisotopic (exact) mass is 307 g/mol. The molecule has 1 aliphatic rings. The van der Waals surface area contributed by atoms with Gasteiger partial charge in [-0.25, -0.2) is 0 Å². The van der Waals surface area contributed by atoms with Gasteiger partial charge in [0.2, 0.25) is 5.91 Å². The highest BCUT2D eigenvalue weighted by Gasteiger charge is 2.21. The largest absolute Gasteiger partial charge is 0.393 e. The van der Waals surface area contributed by atoms with Crippen LogP contribution in [0.1, 0.15) is 24.8 Å². The Bertz CT molecular complexity index is 432. The van der Waals surface area contributed by atoms with Gasteiger partial charge in [-0.15, -0.1) is 0 Å². The van der Waals surface area contributed by atoms with Gasteiger partial charge in [0.25, 0.3) is 0 Å². The van der Waals surface area contributed by atoms with E-state index in [2.05, 4.69) is 5.32 Å². The van der Waals surface area contributed by atoms with Crippen molar-refractivity contribution < 1.29 is 19.4 Å². The fourth-order valence-corrected chi connectivity index (χ4v) is 2.58. The van der Waals surface area contributed by atoms with Crippen molar-refractivity contribution in [1.82, 2.24) is 5.32 Å². The summed E-state index contributed by atoms with van der Waals surface area (Å²) in [6, 6.07) is 9.75. The van der Waals surface area contributed by atoms with E-state index >= 15 is 0 Å². The predicted octanol–water partition coefficient (Wildman–Crippen LogP) is 1.50. The Kier molecular flexibility index (Phi) is 7.36. The minimum atomic E-state index is -0.366. The van der Waals surface area contributed by atoms with E-state index in [-0.39, 0.29) is 18.6 Å². The molecule has 1 fully saturated rings. The maximum atomic E-state index is 11.7. The Morgan fingerprint density at radius 3 is 2.77 bits per heavy atom. The minimum Gasteiger partial charge on any atom is -0.393 e. The zero-order valence-corrected chi connectivity index (χ0v) is 12.9. The Morgan fingerprint density at radius 2 is 2.05 bits per heavy atom. The van der Waals surface area contributed by atoms with Gasteiger partial charge in [-0.1, -0.05) is 30.3 Å². The van der Waals surface area contributed by atoms with Crippen LogP contribution in [0, 0.1) is 5.92 Å². The number of hydrogen-bond acceptors (Lipinski definition) is 4. The molecule has 1 amide bonds. The summed E-state index contributed by atoms with van der Waals surface area (Å²) < 4.78 is 10.6. The van der Waals surface area contributed by atoms with Crippen molar-refractivity contribution in [2.24, 2.45) is 5.92 Å². The summed E-state index contributed by atoms with van der Waals surface area (Å²) in [5.74, 6) is 0.148. The van der Waals surface area contributed by atoms with E-state index in [9.17, 15) is 9.90 Å². The van der Waals surface area contributed by atoms with Crippen molar-refractivity contribution in [3.63, 3.8) is 0 Å². The summed E-state index contributed by atoms with van der Waals surface area (Å²) in [6.07, 6.45) is 2.01. The number of nitrogens with one attached hydrogen (secondary N) is 1. The fraction of sp³-hybridized carbons (Fsp3) is 0.588. The van der Waals surface area contributed by atoms with Gasteiger partial charge in [-0.2, -0.15) is 0 Å². The topological polar surface area (TPSA) is 67.8 Å². The second-order valence-corrected chi connectivity index (χ2v) is 5.63. The molecule has 1 atom stereocenters. The average Bonchev–Trinajstić information content (AvgIpc) is 2.56. The number of carbonyl (C=O) groups excluding carboxylic acids is 1. The predicted molar refractivity (Wildman–Crippen MR) is 83.3 cm³/mol. The van der Waals surface area contributed by atoms with Crippen LogP contribution in [0.3, 0.4) is 0 Å². The molecule has 1 saturated heterocycles. The quantitative estimate of drug-likeness (QED) is 0.764. The molecular weight excluding hydrogens is 282 g/mol. The van der Waals surface area contributed by atoms with Crippen molar-refractivity contribution in [2.75, 3.05) is 26.4 Å². The lowest BCUT2D eigenvalue weighted by atomic mass is 9.92. The van der Waals surface area contributed by atoms with Crippen LogP contribution in [-0.4, -0.2) is 43.5 Å². The van der Waals surface area contributed by atoms with Gasteiger partial charge in [-0.05, 0) is 30.7 Å². The molecule has 0 spiro atoms. The van der Waals surface area contributed by atoms with E-state index in [0.29, 0.717) is 25.5 Å². The fourth-order valence-electron chi connectivity index (χ4n) is 2.58. The molecule has 5 nitrogen and oxygen atoms in total. The first-order valence-corrected chi connectivity index (χ1v) is 7.90. The van der Waals surface area contributed by atoms with Crippen molar-refractivity contribution in [3.05, 3.63) is 35.9 Å². The zero-order valence-electron chi connectivity index (χ0n) is 12.9. The molecule has 2 N–H and O–H groups in total. The van der Waals surface area contributed by atoms with Gasteiger partial charge in [0.15, 0.2) is 0 Å². The van der Waals surface area contributed by atoms with Gasteiger partial charge in [0.05, 0.1) is 12.7 Å². The van der Waals surface area contributed by atoms with Gasteiger partial charge < -0.3 is 19.9 Å². The third-order valence-corrected chi connectivity index (χ3v) is 3.92. The molecule has 1 aliphatic heterocycles. The third-order valence-electron chi connectivity index (χ3n) is 3.92. The number of rotatable bonds is 8. The first-order valence-electron chi connectivity index (χ1n) is 7.90. The lowest BCUT2D eigenvalue weighted by Crippen LogP contribution is -2.33. The van der Waals surface area contributed by atoms with Crippen LogP contribution in [0.4, 0.5) is 0 Å². The maximum absolute atomic E-state index is 11.7. The SMILES string of the molecule is O=C(COCc1ccccc1)NCC[C@H](O)C1CCOCC1. The molecule has 1 aromatic carbocycles. The standard InChI is InChI=1S/C17H25NO4/c19-16(15-7-10-21-11-8-15)6-9-18-17(20)13-22-12-14-4-2-1-3-5-14/h1-5,15-16,19H,6-13H2,(H,18,20)/t16-/m0/s1. The van der Waals surface area contributed by atoms with E-state index in [1.165, 1.54) is 0 Å². The van der Waals surface area contributed by atoms with Crippen LogP contribution < -0.4 is 5.32 Å². The Labute approximate surface area is 131 Å². The van der Waals surface area contributed by atoms with E-state index in [1.54, 1.807) is 0 Å². The van der Waals surface area contributed by atoms with Crippen molar-refractivity contribution in [2.45, 2.75) is 32.0 Å². The first-order chi connectivity index (χ1) is 10.8. The van der Waals surface area contributed by atoms with E-state index < -0.39 is 0 Å². The summed E-state index contributed by atoms with van der Waals surface area (Å²) in [4.78, 5) is 11.7. The van der Waals surface area contributed by atoms with Gasteiger partial charge in [0, 0.05) is 19.8 Å². The van der Waals surface area contributed by atoms with Crippen molar-refractivity contribution in [3.8, 4) is 0 Å². The summed E-state index contributed by atoms with van der Waals surface area (Å²) in [6.45, 7) is 2.40. The Morgan fingerprint density at radius 1 is 1.32 bits per heavy atom. The lowest BCUT2D eigenvalue weighted by molar-refractivity contribution is -0.126. The van der Waals surface area contributed by atoms with Crippen LogP contribution in [0.25, 0.3) is 0 Å². The smallest absolute Gasteiger partial charge is 0.246 e. The van der Waals surface area contributed by atoms with Crippen LogP contribution in [0.5, 0.6) is 0 Å². The number of amides is 1. The van der Waals surface area contributed by atoms with Gasteiger partial charge in [0.1, 0.15) is 6.61 Å². The van der Waals surface area contributed by atoms with E-state index in [1.807, 2.05) is 30.3 Å². The first kappa shape index (κ1) is 16.9. The maximum Gasteiger partial charge on any atom is 0.246 e. The number of aliphatic hydroxyl groups excluding tert-OH is 1. The molecule has 1 heterocycles. The van der Waals surface area contributed by atoms with Crippen molar-refractivity contribution >= 4 is 5.91 Å². The molecular formula is C17H25NO4. The third kappa shape index (κ3) is 6.13. The number of carbonyl (C=O) groups is 1. The number of aliphatic hydroxyl groups is 1. The molecule has 0 radical (unpaired) electrons. The molecule has 1 aromatic rings. The summed E-state index contributed by atoms with van der Waals surface area (Å²) >= 11 is 0. The molecule has 0 bridgehead atoms. The summed E-state index contributed by atoms with van der Waals surface area (Å²) in [5, 5.41) is 12.9. The molecule has 0 saturated carbocycles. The second kappa shape index (κ2) is 9.56.